The van der Waals surface area contributed by atoms with Crippen molar-refractivity contribution in [3.8, 4) is 0 Å². The summed E-state index contributed by atoms with van der Waals surface area (Å²) in [5.74, 6) is 0.207. The van der Waals surface area contributed by atoms with Crippen LogP contribution in [0.3, 0.4) is 0 Å². The normalized spacial score (nSPS) is 18.6. The highest BCUT2D eigenvalue weighted by atomic mass is 32.2. The topological polar surface area (TPSA) is 49.4 Å². The van der Waals surface area contributed by atoms with Crippen LogP contribution in [0.4, 0.5) is 5.69 Å². The molecular formula is C14H22N2O2S. The van der Waals surface area contributed by atoms with Gasteiger partial charge in [0.2, 0.25) is 10.0 Å². The minimum Gasteiger partial charge on any atom is -0.317 e. The van der Waals surface area contributed by atoms with E-state index in [1.165, 1.54) is 0 Å². The number of nitrogens with zero attached hydrogens (tertiary/aromatic N) is 1. The van der Waals surface area contributed by atoms with Crippen LogP contribution in [0.25, 0.3) is 0 Å². The van der Waals surface area contributed by atoms with Gasteiger partial charge in [-0.2, -0.15) is 0 Å². The van der Waals surface area contributed by atoms with Crippen LogP contribution in [-0.2, 0) is 16.4 Å². The predicted molar refractivity (Wildman–Crippen MR) is 79.0 cm³/mol. The largest absolute Gasteiger partial charge is 0.317 e. The molecule has 1 aromatic rings. The quantitative estimate of drug-likeness (QED) is 0.809. The van der Waals surface area contributed by atoms with Crippen LogP contribution in [0.2, 0.25) is 0 Å². The van der Waals surface area contributed by atoms with Gasteiger partial charge in [0.1, 0.15) is 0 Å². The lowest BCUT2D eigenvalue weighted by atomic mass is 10.1. The molecule has 0 amide bonds. The Morgan fingerprint density at radius 3 is 2.84 bits per heavy atom. The molecule has 19 heavy (non-hydrogen) atoms. The zero-order valence-electron chi connectivity index (χ0n) is 11.6. The van der Waals surface area contributed by atoms with E-state index in [1.54, 1.807) is 4.31 Å². The molecule has 0 saturated carbocycles. The summed E-state index contributed by atoms with van der Waals surface area (Å²) in [5.41, 5.74) is 1.99. The van der Waals surface area contributed by atoms with Crippen molar-refractivity contribution in [1.29, 1.82) is 0 Å². The van der Waals surface area contributed by atoms with Crippen LogP contribution in [0, 0.1) is 0 Å². The minimum atomic E-state index is -3.21. The summed E-state index contributed by atoms with van der Waals surface area (Å²) in [4.78, 5) is 0. The summed E-state index contributed by atoms with van der Waals surface area (Å²) in [5, 5.41) is 3.16. The van der Waals surface area contributed by atoms with Crippen LogP contribution in [0.1, 0.15) is 25.8 Å². The first-order valence-electron chi connectivity index (χ1n) is 6.87. The molecule has 0 fully saturated rings. The second-order valence-electron chi connectivity index (χ2n) is 5.00. The zero-order valence-corrected chi connectivity index (χ0v) is 12.4. The van der Waals surface area contributed by atoms with Gasteiger partial charge in [-0.1, -0.05) is 25.1 Å². The molecule has 4 nitrogen and oxygen atoms in total. The summed E-state index contributed by atoms with van der Waals surface area (Å²) < 4.78 is 26.5. The summed E-state index contributed by atoms with van der Waals surface area (Å²) in [6, 6.07) is 7.81. The maximum atomic E-state index is 12.5. The Hall–Kier alpha value is -1.07. The van der Waals surface area contributed by atoms with Gasteiger partial charge in [0.15, 0.2) is 0 Å². The second-order valence-corrected chi connectivity index (χ2v) is 6.97. The third-order valence-electron chi connectivity index (χ3n) is 3.45. The second kappa shape index (κ2) is 5.92. The van der Waals surface area contributed by atoms with Crippen molar-refractivity contribution < 1.29 is 8.42 Å². The van der Waals surface area contributed by atoms with Crippen LogP contribution >= 0.6 is 0 Å². The lowest BCUT2D eigenvalue weighted by molar-refractivity contribution is 0.578. The molecule has 1 aromatic carbocycles. The first-order valence-corrected chi connectivity index (χ1v) is 8.48. The number of hydrogen-bond donors (Lipinski definition) is 1. The molecule has 0 saturated heterocycles. The molecule has 1 atom stereocenters. The fourth-order valence-corrected chi connectivity index (χ4v) is 4.42. The first-order chi connectivity index (χ1) is 9.06. The molecule has 0 radical (unpaired) electrons. The van der Waals surface area contributed by atoms with Crippen molar-refractivity contribution in [3.63, 3.8) is 0 Å². The number of rotatable bonds is 6. The summed E-state index contributed by atoms with van der Waals surface area (Å²) in [6.45, 7) is 5.62. The number of benzene rings is 1. The van der Waals surface area contributed by atoms with Gasteiger partial charge < -0.3 is 5.32 Å². The van der Waals surface area contributed by atoms with E-state index in [1.807, 2.05) is 38.1 Å². The van der Waals surface area contributed by atoms with E-state index in [4.69, 9.17) is 0 Å². The van der Waals surface area contributed by atoms with Crippen molar-refractivity contribution in [2.24, 2.45) is 0 Å². The van der Waals surface area contributed by atoms with Gasteiger partial charge in [-0.05, 0) is 44.5 Å². The standard InChI is InChI=1S/C14H22N2O2S/c1-3-15-9-6-10-19(17,18)16-12(2)11-13-7-4-5-8-14(13)16/h4-5,7-8,12,15H,3,6,9-11H2,1-2H3. The van der Waals surface area contributed by atoms with Crippen molar-refractivity contribution in [3.05, 3.63) is 29.8 Å². The Morgan fingerprint density at radius 2 is 2.11 bits per heavy atom. The number of hydrogen-bond acceptors (Lipinski definition) is 3. The maximum Gasteiger partial charge on any atom is 0.235 e. The molecular weight excluding hydrogens is 260 g/mol. The van der Waals surface area contributed by atoms with Gasteiger partial charge in [-0.25, -0.2) is 8.42 Å². The third-order valence-corrected chi connectivity index (χ3v) is 5.41. The number of anilines is 1. The van der Waals surface area contributed by atoms with Crippen molar-refractivity contribution in [1.82, 2.24) is 5.32 Å². The number of para-hydroxylation sites is 1. The summed E-state index contributed by atoms with van der Waals surface area (Å²) >= 11 is 0. The highest BCUT2D eigenvalue weighted by molar-refractivity contribution is 7.92. The van der Waals surface area contributed by atoms with Crippen LogP contribution < -0.4 is 9.62 Å². The van der Waals surface area contributed by atoms with E-state index in [9.17, 15) is 8.42 Å². The highest BCUT2D eigenvalue weighted by Gasteiger charge is 2.34. The third kappa shape index (κ3) is 3.09. The average molecular weight is 282 g/mol. The molecule has 0 bridgehead atoms. The molecule has 1 aliphatic rings. The van der Waals surface area contributed by atoms with Crippen molar-refractivity contribution >= 4 is 15.7 Å². The molecule has 0 aromatic heterocycles. The lowest BCUT2D eigenvalue weighted by Gasteiger charge is -2.24. The van der Waals surface area contributed by atoms with E-state index < -0.39 is 10.0 Å². The summed E-state index contributed by atoms with van der Waals surface area (Å²) in [6.07, 6.45) is 1.46. The molecule has 2 rings (SSSR count). The Bertz CT molecular complexity index is 528. The van der Waals surface area contributed by atoms with E-state index in [0.717, 1.165) is 30.8 Å². The molecule has 106 valence electrons. The molecule has 0 spiro atoms. The Balaban J connectivity index is 2.12. The van der Waals surface area contributed by atoms with Gasteiger partial charge in [0, 0.05) is 6.04 Å². The monoisotopic (exact) mass is 282 g/mol. The van der Waals surface area contributed by atoms with Crippen LogP contribution in [0.15, 0.2) is 24.3 Å². The van der Waals surface area contributed by atoms with Gasteiger partial charge in [0.05, 0.1) is 11.4 Å². The predicted octanol–water partition coefficient (Wildman–Crippen LogP) is 1.77. The van der Waals surface area contributed by atoms with Gasteiger partial charge >= 0.3 is 0 Å². The fourth-order valence-electron chi connectivity index (χ4n) is 2.62. The highest BCUT2D eigenvalue weighted by Crippen LogP contribution is 2.34. The fraction of sp³-hybridized carbons (Fsp3) is 0.571. The van der Waals surface area contributed by atoms with E-state index in [0.29, 0.717) is 6.42 Å². The van der Waals surface area contributed by atoms with Crippen LogP contribution in [0.5, 0.6) is 0 Å². The summed E-state index contributed by atoms with van der Waals surface area (Å²) in [7, 11) is -3.21. The van der Waals surface area contributed by atoms with Gasteiger partial charge in [0.25, 0.3) is 0 Å². The van der Waals surface area contributed by atoms with Gasteiger partial charge in [-0.3, -0.25) is 4.31 Å². The van der Waals surface area contributed by atoms with Crippen molar-refractivity contribution in [2.75, 3.05) is 23.1 Å². The van der Waals surface area contributed by atoms with Crippen LogP contribution in [-0.4, -0.2) is 33.3 Å². The molecule has 1 heterocycles. The molecule has 5 heteroatoms. The zero-order chi connectivity index (χ0) is 13.9. The first kappa shape index (κ1) is 14.3. The molecule has 1 N–H and O–H groups in total. The Kier molecular flexibility index (Phi) is 4.47. The number of fused-ring (bicyclic) bond motifs is 1. The average Bonchev–Trinajstić information content (AvgIpc) is 2.71. The number of nitrogens with one attached hydrogen (secondary N) is 1. The number of sulfonamides is 1. The van der Waals surface area contributed by atoms with E-state index >= 15 is 0 Å². The Labute approximate surface area is 115 Å². The molecule has 1 aliphatic heterocycles. The van der Waals surface area contributed by atoms with Crippen molar-refractivity contribution in [2.45, 2.75) is 32.7 Å². The molecule has 0 aliphatic carbocycles. The van der Waals surface area contributed by atoms with E-state index in [-0.39, 0.29) is 11.8 Å². The molecule has 1 unspecified atom stereocenters. The Morgan fingerprint density at radius 1 is 1.37 bits per heavy atom. The maximum absolute atomic E-state index is 12.5. The smallest absolute Gasteiger partial charge is 0.235 e. The lowest BCUT2D eigenvalue weighted by Crippen LogP contribution is -2.38. The van der Waals surface area contributed by atoms with Gasteiger partial charge in [-0.15, -0.1) is 0 Å². The SMILES string of the molecule is CCNCCCS(=O)(=O)N1c2ccccc2CC1C. The minimum absolute atomic E-state index is 0.0292. The van der Waals surface area contributed by atoms with E-state index in [2.05, 4.69) is 5.32 Å².